The number of hydrogen-bond acceptors (Lipinski definition) is 3. The summed E-state index contributed by atoms with van der Waals surface area (Å²) < 4.78 is 14.1. The van der Waals surface area contributed by atoms with Gasteiger partial charge in [0.25, 0.3) is 5.91 Å². The van der Waals surface area contributed by atoms with Crippen LogP contribution in [0.25, 0.3) is 11.1 Å². The van der Waals surface area contributed by atoms with Gasteiger partial charge in [-0.3, -0.25) is 14.7 Å². The van der Waals surface area contributed by atoms with Gasteiger partial charge in [-0.2, -0.15) is 5.10 Å². The Hall–Kier alpha value is -3.48. The minimum absolute atomic E-state index is 0.0638. The maximum atomic E-state index is 14.1. The van der Waals surface area contributed by atoms with Crippen molar-refractivity contribution in [2.75, 3.05) is 26.2 Å². The Morgan fingerprint density at radius 3 is 2.58 bits per heavy atom. The maximum absolute atomic E-state index is 14.1. The number of amides is 2. The third kappa shape index (κ3) is 4.82. The summed E-state index contributed by atoms with van der Waals surface area (Å²) in [6.45, 7) is 5.91. The van der Waals surface area contributed by atoms with Crippen LogP contribution in [0.4, 0.5) is 4.39 Å². The first-order valence-corrected chi connectivity index (χ1v) is 11.5. The number of aromatic nitrogens is 2. The van der Waals surface area contributed by atoms with Gasteiger partial charge >= 0.3 is 0 Å². The lowest BCUT2D eigenvalue weighted by Crippen LogP contribution is -2.38. The fraction of sp³-hybridized carbons (Fsp3) is 0.346. The summed E-state index contributed by atoms with van der Waals surface area (Å²) in [7, 11) is 0. The summed E-state index contributed by atoms with van der Waals surface area (Å²) in [6.07, 6.45) is 2.78. The molecule has 3 aromatic rings. The zero-order valence-electron chi connectivity index (χ0n) is 19.1. The molecule has 0 aliphatic carbocycles. The number of likely N-dealkylation sites (N-methyl/N-ethyl adjacent to an activating group) is 1. The number of hydrogen-bond donors (Lipinski definition) is 1. The molecule has 1 aliphatic heterocycles. The predicted molar refractivity (Wildman–Crippen MR) is 125 cm³/mol. The average Bonchev–Trinajstić information content (AvgIpc) is 3.26. The standard InChI is InChI=1S/C26H29FN4O2/c1-3-24-22(16-28-29-24)26(33)31-14-13-30(4-2)25(32)20(17-31)15-18-9-11-19(12-10-18)21-7-5-6-8-23(21)27/h5-12,16,20H,3-4,13-15,17H2,1-2H3,(H,28,29). The molecule has 1 fully saturated rings. The number of carbonyl (C=O) groups excluding carboxylic acids is 2. The van der Waals surface area contributed by atoms with Crippen molar-refractivity contribution in [3.05, 3.63) is 77.4 Å². The Kier molecular flexibility index (Phi) is 6.87. The van der Waals surface area contributed by atoms with Crippen LogP contribution >= 0.6 is 0 Å². The Bertz CT molecular complexity index is 1130. The molecule has 6 nitrogen and oxygen atoms in total. The number of halogens is 1. The molecule has 0 radical (unpaired) electrons. The number of H-pyrrole nitrogens is 1. The molecule has 2 heterocycles. The topological polar surface area (TPSA) is 69.3 Å². The van der Waals surface area contributed by atoms with E-state index >= 15 is 0 Å². The predicted octanol–water partition coefficient (Wildman–Crippen LogP) is 3.94. The Morgan fingerprint density at radius 1 is 1.12 bits per heavy atom. The molecular formula is C26H29FN4O2. The molecule has 1 saturated heterocycles. The molecule has 1 N–H and O–H groups in total. The molecule has 1 atom stereocenters. The smallest absolute Gasteiger partial charge is 0.257 e. The molecule has 4 rings (SSSR count). The summed E-state index contributed by atoms with van der Waals surface area (Å²) in [6, 6.07) is 14.3. The van der Waals surface area contributed by atoms with Crippen molar-refractivity contribution >= 4 is 11.8 Å². The van der Waals surface area contributed by atoms with Crippen molar-refractivity contribution in [2.24, 2.45) is 5.92 Å². The van der Waals surface area contributed by atoms with Crippen molar-refractivity contribution in [2.45, 2.75) is 26.7 Å². The van der Waals surface area contributed by atoms with Gasteiger partial charge < -0.3 is 9.80 Å². The third-order valence-electron chi connectivity index (χ3n) is 6.33. The Morgan fingerprint density at radius 2 is 1.88 bits per heavy atom. The molecule has 1 unspecified atom stereocenters. The number of aromatic amines is 1. The van der Waals surface area contributed by atoms with Crippen molar-refractivity contribution in [3.63, 3.8) is 0 Å². The molecule has 2 amide bonds. The number of rotatable bonds is 6. The first kappa shape index (κ1) is 22.7. The molecule has 33 heavy (non-hydrogen) atoms. The van der Waals surface area contributed by atoms with Crippen LogP contribution in [0.3, 0.4) is 0 Å². The average molecular weight is 449 g/mol. The van der Waals surface area contributed by atoms with Gasteiger partial charge in [0.1, 0.15) is 5.82 Å². The molecule has 2 aromatic carbocycles. The highest BCUT2D eigenvalue weighted by Crippen LogP contribution is 2.25. The SMILES string of the molecule is CCc1[nH]ncc1C(=O)N1CCN(CC)C(=O)C(Cc2ccc(-c3ccccc3F)cc2)C1. The first-order valence-electron chi connectivity index (χ1n) is 11.5. The van der Waals surface area contributed by atoms with E-state index in [0.717, 1.165) is 16.8 Å². The van der Waals surface area contributed by atoms with Gasteiger partial charge in [-0.05, 0) is 37.0 Å². The monoisotopic (exact) mass is 448 g/mol. The lowest BCUT2D eigenvalue weighted by Gasteiger charge is -2.23. The molecule has 7 heteroatoms. The van der Waals surface area contributed by atoms with E-state index in [9.17, 15) is 14.0 Å². The van der Waals surface area contributed by atoms with Gasteiger partial charge in [0.05, 0.1) is 17.7 Å². The van der Waals surface area contributed by atoms with Crippen LogP contribution in [-0.2, 0) is 17.6 Å². The molecule has 1 aromatic heterocycles. The van der Waals surface area contributed by atoms with Crippen LogP contribution in [0.5, 0.6) is 0 Å². The Balaban J connectivity index is 1.55. The van der Waals surface area contributed by atoms with Crippen LogP contribution in [-0.4, -0.2) is 58.0 Å². The quantitative estimate of drug-likeness (QED) is 0.621. The molecule has 0 saturated carbocycles. The molecule has 172 valence electrons. The lowest BCUT2D eigenvalue weighted by molar-refractivity contribution is -0.134. The second kappa shape index (κ2) is 9.98. The number of nitrogens with zero attached hydrogens (tertiary/aromatic N) is 3. The second-order valence-corrected chi connectivity index (χ2v) is 8.36. The van der Waals surface area contributed by atoms with Gasteiger partial charge in [0, 0.05) is 37.4 Å². The lowest BCUT2D eigenvalue weighted by atomic mass is 9.95. The fourth-order valence-electron chi connectivity index (χ4n) is 4.43. The van der Waals surface area contributed by atoms with Gasteiger partial charge in [0.2, 0.25) is 5.91 Å². The van der Waals surface area contributed by atoms with Crippen LogP contribution in [0.15, 0.2) is 54.7 Å². The van der Waals surface area contributed by atoms with Crippen LogP contribution < -0.4 is 0 Å². The van der Waals surface area contributed by atoms with Crippen molar-refractivity contribution in [3.8, 4) is 11.1 Å². The number of nitrogens with one attached hydrogen (secondary N) is 1. The fourth-order valence-corrected chi connectivity index (χ4v) is 4.43. The largest absolute Gasteiger partial charge is 0.341 e. The number of carbonyl (C=O) groups is 2. The highest BCUT2D eigenvalue weighted by atomic mass is 19.1. The first-order chi connectivity index (χ1) is 16.0. The third-order valence-corrected chi connectivity index (χ3v) is 6.33. The van der Waals surface area contributed by atoms with Crippen molar-refractivity contribution in [1.82, 2.24) is 20.0 Å². The number of benzene rings is 2. The molecule has 0 spiro atoms. The summed E-state index contributed by atoms with van der Waals surface area (Å²) in [4.78, 5) is 30.0. The van der Waals surface area contributed by atoms with E-state index in [1.165, 1.54) is 6.07 Å². The highest BCUT2D eigenvalue weighted by molar-refractivity contribution is 5.95. The summed E-state index contributed by atoms with van der Waals surface area (Å²) in [5.74, 6) is -0.629. The summed E-state index contributed by atoms with van der Waals surface area (Å²) >= 11 is 0. The van der Waals surface area contributed by atoms with Gasteiger partial charge in [-0.25, -0.2) is 4.39 Å². The van der Waals surface area contributed by atoms with E-state index in [0.29, 0.717) is 50.1 Å². The van der Waals surface area contributed by atoms with E-state index in [2.05, 4.69) is 10.2 Å². The summed E-state index contributed by atoms with van der Waals surface area (Å²) in [5.41, 5.74) is 3.71. The van der Waals surface area contributed by atoms with Gasteiger partial charge in [0.15, 0.2) is 0 Å². The van der Waals surface area contributed by atoms with Gasteiger partial charge in [-0.1, -0.05) is 49.4 Å². The van der Waals surface area contributed by atoms with Crippen molar-refractivity contribution in [1.29, 1.82) is 0 Å². The van der Waals surface area contributed by atoms with Crippen LogP contribution in [0.1, 0.15) is 35.5 Å². The zero-order chi connectivity index (χ0) is 23.4. The minimum atomic E-state index is -0.340. The normalized spacial score (nSPS) is 16.7. The van der Waals surface area contributed by atoms with E-state index in [1.807, 2.05) is 49.1 Å². The van der Waals surface area contributed by atoms with E-state index in [4.69, 9.17) is 0 Å². The van der Waals surface area contributed by atoms with E-state index in [1.54, 1.807) is 23.2 Å². The Labute approximate surface area is 193 Å². The molecule has 1 aliphatic rings. The molecular weight excluding hydrogens is 419 g/mol. The zero-order valence-corrected chi connectivity index (χ0v) is 19.1. The maximum Gasteiger partial charge on any atom is 0.257 e. The second-order valence-electron chi connectivity index (χ2n) is 8.36. The van der Waals surface area contributed by atoms with Gasteiger partial charge in [-0.15, -0.1) is 0 Å². The van der Waals surface area contributed by atoms with Crippen LogP contribution in [0.2, 0.25) is 0 Å². The highest BCUT2D eigenvalue weighted by Gasteiger charge is 2.32. The van der Waals surface area contributed by atoms with Crippen molar-refractivity contribution < 1.29 is 14.0 Å². The van der Waals surface area contributed by atoms with Crippen LogP contribution in [0, 0.1) is 11.7 Å². The number of aryl methyl sites for hydroxylation is 1. The summed E-state index contributed by atoms with van der Waals surface area (Å²) in [5, 5.41) is 6.92. The van der Waals surface area contributed by atoms with E-state index < -0.39 is 0 Å². The molecule has 0 bridgehead atoms. The van der Waals surface area contributed by atoms with E-state index in [-0.39, 0.29) is 23.5 Å². The minimum Gasteiger partial charge on any atom is -0.341 e.